The Morgan fingerprint density at radius 3 is 3.07 bits per heavy atom. The second kappa shape index (κ2) is 5.98. The van der Waals surface area contributed by atoms with Crippen molar-refractivity contribution in [2.45, 2.75) is 32.3 Å². The largest absolute Gasteiger partial charge is 0.481 e. The molecule has 82 valence electrons. The van der Waals surface area contributed by atoms with Gasteiger partial charge in [0.2, 0.25) is 0 Å². The molecule has 1 N–H and O–H groups in total. The Morgan fingerprint density at radius 2 is 2.50 bits per heavy atom. The minimum absolute atomic E-state index is 0.0340. The van der Waals surface area contributed by atoms with Crippen LogP contribution in [0.15, 0.2) is 0 Å². The number of carbonyl (C=O) groups is 1. The lowest BCUT2D eigenvalue weighted by Gasteiger charge is -2.14. The van der Waals surface area contributed by atoms with Crippen molar-refractivity contribution in [2.75, 3.05) is 19.8 Å². The molecule has 4 heteroatoms. The van der Waals surface area contributed by atoms with E-state index in [2.05, 4.69) is 0 Å². The first-order chi connectivity index (χ1) is 6.68. The Hall–Kier alpha value is -0.610. The molecule has 1 saturated heterocycles. The van der Waals surface area contributed by atoms with Crippen molar-refractivity contribution in [1.29, 1.82) is 0 Å². The van der Waals surface area contributed by atoms with Gasteiger partial charge in [0.05, 0.1) is 19.3 Å². The van der Waals surface area contributed by atoms with E-state index in [1.807, 2.05) is 6.92 Å². The number of carboxylic acid groups (broad SMARTS) is 1. The lowest BCUT2D eigenvalue weighted by Crippen LogP contribution is -2.17. The van der Waals surface area contributed by atoms with Crippen molar-refractivity contribution in [3.8, 4) is 0 Å². The van der Waals surface area contributed by atoms with Crippen molar-refractivity contribution in [3.63, 3.8) is 0 Å². The molecule has 0 aromatic carbocycles. The molecule has 1 rings (SSSR count). The third kappa shape index (κ3) is 4.58. The van der Waals surface area contributed by atoms with Gasteiger partial charge in [-0.05, 0) is 19.8 Å². The maximum absolute atomic E-state index is 10.3. The molecule has 0 saturated carbocycles. The molecule has 2 atom stereocenters. The number of ether oxygens (including phenoxy) is 2. The van der Waals surface area contributed by atoms with Gasteiger partial charge in [-0.25, -0.2) is 0 Å². The highest BCUT2D eigenvalue weighted by Gasteiger charge is 2.17. The maximum Gasteiger partial charge on any atom is 0.303 e. The highest BCUT2D eigenvalue weighted by Crippen LogP contribution is 2.14. The molecule has 1 aliphatic rings. The number of hydrogen-bond acceptors (Lipinski definition) is 3. The van der Waals surface area contributed by atoms with Gasteiger partial charge in [-0.3, -0.25) is 4.79 Å². The lowest BCUT2D eigenvalue weighted by atomic mass is 10.1. The van der Waals surface area contributed by atoms with E-state index in [1.54, 1.807) is 0 Å². The minimum Gasteiger partial charge on any atom is -0.481 e. The fourth-order valence-corrected chi connectivity index (χ4v) is 1.43. The fourth-order valence-electron chi connectivity index (χ4n) is 1.43. The van der Waals surface area contributed by atoms with Gasteiger partial charge in [-0.1, -0.05) is 0 Å². The predicted octanol–water partition coefficient (Wildman–Crippen LogP) is 1.29. The van der Waals surface area contributed by atoms with Gasteiger partial charge in [0.25, 0.3) is 0 Å². The van der Waals surface area contributed by atoms with Gasteiger partial charge in [0.15, 0.2) is 0 Å². The summed E-state index contributed by atoms with van der Waals surface area (Å²) < 4.78 is 10.7. The summed E-state index contributed by atoms with van der Waals surface area (Å²) in [6.45, 7) is 4.22. The monoisotopic (exact) mass is 202 g/mol. The van der Waals surface area contributed by atoms with E-state index in [4.69, 9.17) is 14.6 Å². The molecular weight excluding hydrogens is 184 g/mol. The van der Waals surface area contributed by atoms with Gasteiger partial charge < -0.3 is 14.6 Å². The molecule has 0 radical (unpaired) electrons. The first-order valence-corrected chi connectivity index (χ1v) is 5.09. The number of aliphatic carboxylic acids is 1. The quantitative estimate of drug-likeness (QED) is 0.705. The fraction of sp³-hybridized carbons (Fsp3) is 0.900. The number of hydrogen-bond donors (Lipinski definition) is 1. The van der Waals surface area contributed by atoms with Gasteiger partial charge in [0, 0.05) is 18.9 Å². The SMILES string of the molecule is CC(CCC(=O)O)OCC1CCOC1. The third-order valence-electron chi connectivity index (χ3n) is 2.41. The zero-order chi connectivity index (χ0) is 10.4. The number of carboxylic acids is 1. The summed E-state index contributed by atoms with van der Waals surface area (Å²) in [4.78, 5) is 10.3. The Labute approximate surface area is 84.2 Å². The van der Waals surface area contributed by atoms with Crippen molar-refractivity contribution in [1.82, 2.24) is 0 Å². The molecular formula is C10H18O4. The summed E-state index contributed by atoms with van der Waals surface area (Å²) in [7, 11) is 0. The summed E-state index contributed by atoms with van der Waals surface area (Å²) in [5.41, 5.74) is 0. The van der Waals surface area contributed by atoms with Crippen LogP contribution < -0.4 is 0 Å². The Balaban J connectivity index is 2.02. The molecule has 2 unspecified atom stereocenters. The van der Waals surface area contributed by atoms with Gasteiger partial charge in [0.1, 0.15) is 0 Å². The molecule has 1 fully saturated rings. The standard InChI is InChI=1S/C10H18O4/c1-8(2-3-10(11)12)14-7-9-4-5-13-6-9/h8-9H,2-7H2,1H3,(H,11,12). The Bertz CT molecular complexity index is 175. The van der Waals surface area contributed by atoms with Crippen LogP contribution >= 0.6 is 0 Å². The van der Waals surface area contributed by atoms with Crippen LogP contribution in [0.5, 0.6) is 0 Å². The molecule has 1 aliphatic heterocycles. The highest BCUT2D eigenvalue weighted by molar-refractivity contribution is 5.66. The van der Waals surface area contributed by atoms with Crippen molar-refractivity contribution < 1.29 is 19.4 Å². The van der Waals surface area contributed by atoms with E-state index in [0.717, 1.165) is 19.6 Å². The van der Waals surface area contributed by atoms with Crippen LogP contribution in [0.1, 0.15) is 26.2 Å². The third-order valence-corrected chi connectivity index (χ3v) is 2.41. The second-order valence-electron chi connectivity index (χ2n) is 3.81. The topological polar surface area (TPSA) is 55.8 Å². The van der Waals surface area contributed by atoms with E-state index in [0.29, 0.717) is 18.9 Å². The van der Waals surface area contributed by atoms with Crippen LogP contribution in [0, 0.1) is 5.92 Å². The minimum atomic E-state index is -0.760. The Kier molecular flexibility index (Phi) is 4.90. The smallest absolute Gasteiger partial charge is 0.303 e. The van der Waals surface area contributed by atoms with E-state index >= 15 is 0 Å². The van der Waals surface area contributed by atoms with E-state index in [9.17, 15) is 4.79 Å². The average Bonchev–Trinajstić information content (AvgIpc) is 2.63. The van der Waals surface area contributed by atoms with Crippen LogP contribution in [0.4, 0.5) is 0 Å². The Morgan fingerprint density at radius 1 is 1.71 bits per heavy atom. The van der Waals surface area contributed by atoms with E-state index in [1.165, 1.54) is 0 Å². The second-order valence-corrected chi connectivity index (χ2v) is 3.81. The first kappa shape index (κ1) is 11.5. The zero-order valence-corrected chi connectivity index (χ0v) is 8.57. The summed E-state index contributed by atoms with van der Waals surface area (Å²) in [5.74, 6) is -0.257. The normalized spacial score (nSPS) is 23.6. The highest BCUT2D eigenvalue weighted by atomic mass is 16.5. The van der Waals surface area contributed by atoms with Crippen molar-refractivity contribution in [2.24, 2.45) is 5.92 Å². The van der Waals surface area contributed by atoms with Crippen LogP contribution in [-0.2, 0) is 14.3 Å². The van der Waals surface area contributed by atoms with Crippen molar-refractivity contribution in [3.05, 3.63) is 0 Å². The lowest BCUT2D eigenvalue weighted by molar-refractivity contribution is -0.137. The van der Waals surface area contributed by atoms with Gasteiger partial charge in [-0.2, -0.15) is 0 Å². The molecule has 0 aromatic heterocycles. The van der Waals surface area contributed by atoms with E-state index < -0.39 is 5.97 Å². The molecule has 1 heterocycles. The summed E-state index contributed by atoms with van der Waals surface area (Å²) in [6, 6.07) is 0. The van der Waals surface area contributed by atoms with Crippen LogP contribution in [0.3, 0.4) is 0 Å². The molecule has 0 bridgehead atoms. The average molecular weight is 202 g/mol. The van der Waals surface area contributed by atoms with Crippen LogP contribution in [0.25, 0.3) is 0 Å². The van der Waals surface area contributed by atoms with E-state index in [-0.39, 0.29) is 12.5 Å². The summed E-state index contributed by atoms with van der Waals surface area (Å²) in [6.07, 6.45) is 1.86. The summed E-state index contributed by atoms with van der Waals surface area (Å²) >= 11 is 0. The molecule has 0 aromatic rings. The predicted molar refractivity (Wildman–Crippen MR) is 51.2 cm³/mol. The maximum atomic E-state index is 10.3. The van der Waals surface area contributed by atoms with Gasteiger partial charge >= 0.3 is 5.97 Å². The van der Waals surface area contributed by atoms with Crippen LogP contribution in [0.2, 0.25) is 0 Å². The van der Waals surface area contributed by atoms with Crippen LogP contribution in [-0.4, -0.2) is 37.0 Å². The molecule has 0 aliphatic carbocycles. The first-order valence-electron chi connectivity index (χ1n) is 5.09. The van der Waals surface area contributed by atoms with Gasteiger partial charge in [-0.15, -0.1) is 0 Å². The summed E-state index contributed by atoms with van der Waals surface area (Å²) in [5, 5.41) is 8.47. The number of rotatable bonds is 6. The van der Waals surface area contributed by atoms with Crippen molar-refractivity contribution >= 4 is 5.97 Å². The molecule has 14 heavy (non-hydrogen) atoms. The molecule has 4 nitrogen and oxygen atoms in total. The molecule has 0 amide bonds. The molecule has 0 spiro atoms. The zero-order valence-electron chi connectivity index (χ0n) is 8.57.